The molecule has 0 unspecified atom stereocenters. The Morgan fingerprint density at radius 1 is 1.33 bits per heavy atom. The van der Waals surface area contributed by atoms with Gasteiger partial charge < -0.3 is 15.3 Å². The van der Waals surface area contributed by atoms with Crippen molar-refractivity contribution in [2.45, 2.75) is 51.6 Å². The highest BCUT2D eigenvalue weighted by Crippen LogP contribution is 2.36. The van der Waals surface area contributed by atoms with E-state index in [0.29, 0.717) is 5.91 Å². The molecule has 2 aliphatic heterocycles. The van der Waals surface area contributed by atoms with Crippen LogP contribution in [-0.2, 0) is 4.79 Å². The van der Waals surface area contributed by atoms with Crippen molar-refractivity contribution in [3.63, 3.8) is 0 Å². The van der Waals surface area contributed by atoms with Gasteiger partial charge in [-0.25, -0.2) is 0 Å². The summed E-state index contributed by atoms with van der Waals surface area (Å²) in [5.74, 6) is 0.345. The van der Waals surface area contributed by atoms with Crippen LogP contribution >= 0.6 is 0 Å². The van der Waals surface area contributed by atoms with Crippen LogP contribution in [0.2, 0.25) is 0 Å². The van der Waals surface area contributed by atoms with Crippen molar-refractivity contribution in [1.29, 1.82) is 0 Å². The number of nitrogens with one attached hydrogen (secondary N) is 1. The fraction of sp³-hybridized carbons (Fsp3) is 0.929. The lowest BCUT2D eigenvalue weighted by Gasteiger charge is -2.42. The monoisotopic (exact) mass is 254 g/mol. The lowest BCUT2D eigenvalue weighted by Crippen LogP contribution is -2.51. The summed E-state index contributed by atoms with van der Waals surface area (Å²) < 4.78 is 0. The van der Waals surface area contributed by atoms with E-state index < -0.39 is 0 Å². The second kappa shape index (κ2) is 6.02. The first-order chi connectivity index (χ1) is 8.68. The Balaban J connectivity index is 2.03. The Kier molecular flexibility index (Phi) is 4.62. The van der Waals surface area contributed by atoms with E-state index in [4.69, 9.17) is 0 Å². The van der Waals surface area contributed by atoms with Gasteiger partial charge in [0.15, 0.2) is 0 Å². The third-order valence-corrected chi connectivity index (χ3v) is 4.49. The van der Waals surface area contributed by atoms with Gasteiger partial charge in [-0.05, 0) is 45.2 Å². The molecule has 2 saturated heterocycles. The number of aliphatic hydroxyl groups excluding tert-OH is 1. The van der Waals surface area contributed by atoms with Crippen LogP contribution in [-0.4, -0.2) is 48.2 Å². The number of nitrogens with zero attached hydrogens (tertiary/aromatic N) is 1. The SMILES string of the molecule is CCCC1(C(=O)N2CCC(O)CC2)CCNCC1. The number of hydrogen-bond donors (Lipinski definition) is 2. The number of hydrogen-bond acceptors (Lipinski definition) is 3. The molecule has 104 valence electrons. The van der Waals surface area contributed by atoms with Gasteiger partial charge in [-0.1, -0.05) is 13.3 Å². The summed E-state index contributed by atoms with van der Waals surface area (Å²) in [6.45, 7) is 5.55. The van der Waals surface area contributed by atoms with Crippen molar-refractivity contribution in [1.82, 2.24) is 10.2 Å². The lowest BCUT2D eigenvalue weighted by atomic mass is 9.74. The maximum atomic E-state index is 12.8. The average Bonchev–Trinajstić information content (AvgIpc) is 2.40. The molecule has 0 aromatic heterocycles. The fourth-order valence-corrected chi connectivity index (χ4v) is 3.36. The number of rotatable bonds is 3. The summed E-state index contributed by atoms with van der Waals surface area (Å²) in [6, 6.07) is 0. The summed E-state index contributed by atoms with van der Waals surface area (Å²) in [5, 5.41) is 12.9. The van der Waals surface area contributed by atoms with Crippen LogP contribution in [0.4, 0.5) is 0 Å². The van der Waals surface area contributed by atoms with E-state index in [1.807, 2.05) is 4.90 Å². The normalized spacial score (nSPS) is 25.1. The molecule has 2 rings (SSSR count). The van der Waals surface area contributed by atoms with Gasteiger partial charge in [0.05, 0.1) is 11.5 Å². The molecule has 1 amide bonds. The average molecular weight is 254 g/mol. The van der Waals surface area contributed by atoms with Crippen LogP contribution in [0.3, 0.4) is 0 Å². The molecule has 18 heavy (non-hydrogen) atoms. The zero-order valence-electron chi connectivity index (χ0n) is 11.5. The van der Waals surface area contributed by atoms with E-state index in [2.05, 4.69) is 12.2 Å². The highest BCUT2D eigenvalue weighted by atomic mass is 16.3. The summed E-state index contributed by atoms with van der Waals surface area (Å²) in [4.78, 5) is 14.8. The van der Waals surface area contributed by atoms with Crippen LogP contribution in [0.1, 0.15) is 45.4 Å². The number of carbonyl (C=O) groups is 1. The van der Waals surface area contributed by atoms with Crippen LogP contribution in [0.15, 0.2) is 0 Å². The van der Waals surface area contributed by atoms with E-state index in [-0.39, 0.29) is 11.5 Å². The minimum atomic E-state index is -0.204. The molecular formula is C14H26N2O2. The van der Waals surface area contributed by atoms with Gasteiger partial charge in [-0.3, -0.25) is 4.79 Å². The second-order valence-electron chi connectivity index (χ2n) is 5.80. The molecule has 4 nitrogen and oxygen atoms in total. The van der Waals surface area contributed by atoms with Crippen molar-refractivity contribution in [2.75, 3.05) is 26.2 Å². The van der Waals surface area contributed by atoms with E-state index in [0.717, 1.165) is 64.7 Å². The molecule has 0 spiro atoms. The predicted octanol–water partition coefficient (Wildman–Crippen LogP) is 1.14. The molecule has 0 aromatic carbocycles. The van der Waals surface area contributed by atoms with Gasteiger partial charge in [-0.2, -0.15) is 0 Å². The van der Waals surface area contributed by atoms with Crippen molar-refractivity contribution in [3.05, 3.63) is 0 Å². The molecule has 0 radical (unpaired) electrons. The Morgan fingerprint density at radius 3 is 2.50 bits per heavy atom. The van der Waals surface area contributed by atoms with Gasteiger partial charge in [0.25, 0.3) is 0 Å². The van der Waals surface area contributed by atoms with Crippen LogP contribution in [0.25, 0.3) is 0 Å². The molecule has 2 aliphatic rings. The number of carbonyl (C=O) groups excluding carboxylic acids is 1. The van der Waals surface area contributed by atoms with Crippen LogP contribution in [0.5, 0.6) is 0 Å². The fourth-order valence-electron chi connectivity index (χ4n) is 3.36. The Morgan fingerprint density at radius 2 is 1.94 bits per heavy atom. The molecule has 0 aromatic rings. The first kappa shape index (κ1) is 13.8. The standard InChI is InChI=1S/C14H26N2O2/c1-2-5-14(6-8-15-9-7-14)13(18)16-10-3-12(17)4-11-16/h12,15,17H,2-11H2,1H3. The lowest BCUT2D eigenvalue weighted by molar-refractivity contribution is -0.146. The molecule has 2 fully saturated rings. The maximum Gasteiger partial charge on any atom is 0.228 e. The number of amides is 1. The van der Waals surface area contributed by atoms with Crippen LogP contribution < -0.4 is 5.32 Å². The van der Waals surface area contributed by atoms with Crippen molar-refractivity contribution in [2.24, 2.45) is 5.41 Å². The summed E-state index contributed by atoms with van der Waals surface area (Å²) >= 11 is 0. The van der Waals surface area contributed by atoms with Gasteiger partial charge >= 0.3 is 0 Å². The topological polar surface area (TPSA) is 52.6 Å². The van der Waals surface area contributed by atoms with Gasteiger partial charge in [0.1, 0.15) is 0 Å². The number of piperidine rings is 2. The third kappa shape index (κ3) is 2.86. The van der Waals surface area contributed by atoms with E-state index >= 15 is 0 Å². The largest absolute Gasteiger partial charge is 0.393 e. The minimum Gasteiger partial charge on any atom is -0.393 e. The van der Waals surface area contributed by atoms with Gasteiger partial charge in [-0.15, -0.1) is 0 Å². The molecule has 2 heterocycles. The second-order valence-corrected chi connectivity index (χ2v) is 5.80. The number of aliphatic hydroxyl groups is 1. The minimum absolute atomic E-state index is 0.123. The Bertz CT molecular complexity index is 274. The quantitative estimate of drug-likeness (QED) is 0.794. The zero-order chi connectivity index (χ0) is 13.0. The first-order valence-corrected chi connectivity index (χ1v) is 7.36. The highest BCUT2D eigenvalue weighted by Gasteiger charge is 2.41. The molecule has 0 atom stereocenters. The third-order valence-electron chi connectivity index (χ3n) is 4.49. The number of likely N-dealkylation sites (tertiary alicyclic amines) is 1. The molecule has 0 bridgehead atoms. The Hall–Kier alpha value is -0.610. The van der Waals surface area contributed by atoms with E-state index in [1.54, 1.807) is 0 Å². The van der Waals surface area contributed by atoms with Crippen LogP contribution in [0, 0.1) is 5.41 Å². The first-order valence-electron chi connectivity index (χ1n) is 7.36. The maximum absolute atomic E-state index is 12.8. The zero-order valence-corrected chi connectivity index (χ0v) is 11.5. The van der Waals surface area contributed by atoms with Crippen molar-refractivity contribution in [3.8, 4) is 0 Å². The van der Waals surface area contributed by atoms with Crippen molar-refractivity contribution >= 4 is 5.91 Å². The van der Waals surface area contributed by atoms with Crippen molar-refractivity contribution < 1.29 is 9.90 Å². The Labute approximate surface area is 110 Å². The molecule has 2 N–H and O–H groups in total. The molecule has 4 heteroatoms. The molecular weight excluding hydrogens is 228 g/mol. The highest BCUT2D eigenvalue weighted by molar-refractivity contribution is 5.83. The summed E-state index contributed by atoms with van der Waals surface area (Å²) in [6.07, 6.45) is 5.30. The smallest absolute Gasteiger partial charge is 0.228 e. The summed E-state index contributed by atoms with van der Waals surface area (Å²) in [7, 11) is 0. The molecule has 0 aliphatic carbocycles. The van der Waals surface area contributed by atoms with E-state index in [9.17, 15) is 9.90 Å². The summed E-state index contributed by atoms with van der Waals surface area (Å²) in [5.41, 5.74) is -0.123. The predicted molar refractivity (Wildman–Crippen MR) is 71.3 cm³/mol. The van der Waals surface area contributed by atoms with E-state index in [1.165, 1.54) is 0 Å². The van der Waals surface area contributed by atoms with Gasteiger partial charge in [0.2, 0.25) is 5.91 Å². The molecule has 0 saturated carbocycles. The van der Waals surface area contributed by atoms with Gasteiger partial charge in [0, 0.05) is 13.1 Å².